The minimum Gasteiger partial charge on any atom is -0.258 e. The fourth-order valence-corrected chi connectivity index (χ4v) is 3.01. The number of hydrogen-bond donors (Lipinski definition) is 1. The molecule has 120 valence electrons. The van der Waals surface area contributed by atoms with Crippen LogP contribution < -0.4 is 5.43 Å². The highest BCUT2D eigenvalue weighted by atomic mass is 32.1. The van der Waals surface area contributed by atoms with Gasteiger partial charge in [0, 0.05) is 16.5 Å². The molecular weight excluding hydrogens is 324 g/mol. The summed E-state index contributed by atoms with van der Waals surface area (Å²) in [6, 6.07) is 16.3. The molecule has 0 aliphatic rings. The smallest absolute Gasteiger partial charge is 0.258 e. The number of benzene rings is 2. The Kier molecular flexibility index (Phi) is 4.62. The van der Waals surface area contributed by atoms with Crippen molar-refractivity contribution < 1.29 is 4.92 Å². The van der Waals surface area contributed by atoms with E-state index < -0.39 is 4.92 Å². The zero-order valence-corrected chi connectivity index (χ0v) is 13.7. The van der Waals surface area contributed by atoms with Gasteiger partial charge in [0.15, 0.2) is 0 Å². The van der Waals surface area contributed by atoms with Crippen molar-refractivity contribution in [2.75, 3.05) is 5.43 Å². The third-order valence-electron chi connectivity index (χ3n) is 3.34. The normalized spacial score (nSPS) is 10.9. The summed E-state index contributed by atoms with van der Waals surface area (Å²) in [5, 5.41) is 15.7. The lowest BCUT2D eigenvalue weighted by Gasteiger charge is -1.97. The van der Waals surface area contributed by atoms with E-state index >= 15 is 0 Å². The lowest BCUT2D eigenvalue weighted by Crippen LogP contribution is -1.96. The number of thiazole rings is 1. The van der Waals surface area contributed by atoms with Crippen molar-refractivity contribution in [3.05, 3.63) is 75.2 Å². The highest BCUT2D eigenvalue weighted by Crippen LogP contribution is 2.30. The Labute approximate surface area is 142 Å². The van der Waals surface area contributed by atoms with E-state index in [2.05, 4.69) is 15.5 Å². The molecule has 0 bridgehead atoms. The topological polar surface area (TPSA) is 80.4 Å². The van der Waals surface area contributed by atoms with Crippen LogP contribution in [0.25, 0.3) is 11.3 Å². The van der Waals surface area contributed by atoms with Gasteiger partial charge in [0.05, 0.1) is 22.4 Å². The zero-order valence-electron chi connectivity index (χ0n) is 12.8. The number of nitro groups is 1. The van der Waals surface area contributed by atoms with E-state index in [9.17, 15) is 10.1 Å². The molecule has 0 aliphatic carbocycles. The number of hydrogen-bond acceptors (Lipinski definition) is 6. The van der Waals surface area contributed by atoms with Crippen LogP contribution in [0.2, 0.25) is 0 Å². The third-order valence-corrected chi connectivity index (χ3v) is 4.22. The molecule has 0 aliphatic heterocycles. The summed E-state index contributed by atoms with van der Waals surface area (Å²) >= 11 is 1.48. The van der Waals surface area contributed by atoms with Crippen molar-refractivity contribution in [1.29, 1.82) is 0 Å². The molecule has 0 amide bonds. The Bertz CT molecular complexity index is 891. The molecule has 1 N–H and O–H groups in total. The van der Waals surface area contributed by atoms with E-state index in [4.69, 9.17) is 0 Å². The predicted octanol–water partition coefficient (Wildman–Crippen LogP) is 4.47. The van der Waals surface area contributed by atoms with Gasteiger partial charge in [0.2, 0.25) is 5.13 Å². The van der Waals surface area contributed by atoms with Gasteiger partial charge in [0.1, 0.15) is 0 Å². The number of rotatable bonds is 5. The van der Waals surface area contributed by atoms with E-state index in [1.165, 1.54) is 23.6 Å². The van der Waals surface area contributed by atoms with E-state index in [0.29, 0.717) is 10.7 Å². The molecule has 0 spiro atoms. The number of hydrazone groups is 1. The monoisotopic (exact) mass is 338 g/mol. The Hall–Kier alpha value is -3.06. The molecular formula is C17H14N4O2S. The first-order chi connectivity index (χ1) is 11.6. The summed E-state index contributed by atoms with van der Waals surface area (Å²) in [5.41, 5.74) is 5.25. The van der Waals surface area contributed by atoms with Crippen LogP contribution in [0.3, 0.4) is 0 Å². The summed E-state index contributed by atoms with van der Waals surface area (Å²) in [4.78, 5) is 16.1. The second-order valence-corrected chi connectivity index (χ2v) is 6.18. The molecule has 0 radical (unpaired) electrons. The molecule has 1 heterocycles. The van der Waals surface area contributed by atoms with Gasteiger partial charge < -0.3 is 0 Å². The average molecular weight is 338 g/mol. The van der Waals surface area contributed by atoms with Gasteiger partial charge in [0.25, 0.3) is 5.69 Å². The highest BCUT2D eigenvalue weighted by molar-refractivity contribution is 7.15. The molecule has 24 heavy (non-hydrogen) atoms. The number of nitrogens with zero attached hydrogens (tertiary/aromatic N) is 3. The van der Waals surface area contributed by atoms with Crippen LogP contribution >= 0.6 is 11.3 Å². The number of aryl methyl sites for hydroxylation is 1. The van der Waals surface area contributed by atoms with Crippen LogP contribution in [0.5, 0.6) is 0 Å². The van der Waals surface area contributed by atoms with Crippen LogP contribution in [0.15, 0.2) is 59.7 Å². The van der Waals surface area contributed by atoms with Crippen molar-refractivity contribution >= 4 is 28.4 Å². The molecule has 0 atom stereocenters. The summed E-state index contributed by atoms with van der Waals surface area (Å²) < 4.78 is 0. The highest BCUT2D eigenvalue weighted by Gasteiger charge is 2.11. The summed E-state index contributed by atoms with van der Waals surface area (Å²) in [6.07, 6.45) is 1.43. The summed E-state index contributed by atoms with van der Waals surface area (Å²) in [6.45, 7) is 2.00. The van der Waals surface area contributed by atoms with Crippen LogP contribution in [0.1, 0.15) is 10.4 Å². The van der Waals surface area contributed by atoms with E-state index in [0.717, 1.165) is 16.1 Å². The first-order valence-electron chi connectivity index (χ1n) is 7.20. The number of nitro benzene ring substituents is 1. The lowest BCUT2D eigenvalue weighted by atomic mass is 10.1. The maximum Gasteiger partial charge on any atom is 0.278 e. The van der Waals surface area contributed by atoms with Crippen LogP contribution in [0, 0.1) is 17.0 Å². The van der Waals surface area contributed by atoms with Crippen LogP contribution in [-0.4, -0.2) is 16.1 Å². The molecule has 0 saturated carbocycles. The number of nitrogens with one attached hydrogen (secondary N) is 1. The Balaban J connectivity index is 1.78. The molecule has 7 heteroatoms. The van der Waals surface area contributed by atoms with Crippen LogP contribution in [-0.2, 0) is 0 Å². The van der Waals surface area contributed by atoms with E-state index in [-0.39, 0.29) is 5.69 Å². The maximum absolute atomic E-state index is 11.0. The second-order valence-electron chi connectivity index (χ2n) is 4.98. The van der Waals surface area contributed by atoms with Crippen molar-refractivity contribution in [2.45, 2.75) is 6.92 Å². The van der Waals surface area contributed by atoms with Gasteiger partial charge in [-0.1, -0.05) is 42.5 Å². The number of para-hydroxylation sites is 1. The standard InChI is InChI=1S/C17H14N4O2S/c1-12-16(13-7-3-2-4-8-13)19-17(24-12)20-18-11-14-9-5-6-10-15(14)21(22)23/h2-11H,1H3,(H,19,20)/b18-11-. The first kappa shape index (κ1) is 15.8. The number of anilines is 1. The third kappa shape index (κ3) is 3.47. The molecule has 0 unspecified atom stereocenters. The fourth-order valence-electron chi connectivity index (χ4n) is 2.23. The van der Waals surface area contributed by atoms with Gasteiger partial charge in [-0.3, -0.25) is 15.5 Å². The van der Waals surface area contributed by atoms with Crippen molar-refractivity contribution in [1.82, 2.24) is 4.98 Å². The average Bonchev–Trinajstić information content (AvgIpc) is 2.97. The maximum atomic E-state index is 11.0. The molecule has 2 aromatic carbocycles. The van der Waals surface area contributed by atoms with Gasteiger partial charge in [-0.25, -0.2) is 4.98 Å². The molecule has 1 aromatic heterocycles. The van der Waals surface area contributed by atoms with Crippen molar-refractivity contribution in [3.63, 3.8) is 0 Å². The van der Waals surface area contributed by atoms with Gasteiger partial charge in [-0.05, 0) is 13.0 Å². The van der Waals surface area contributed by atoms with E-state index in [1.54, 1.807) is 18.2 Å². The predicted molar refractivity (Wildman–Crippen MR) is 96.6 cm³/mol. The van der Waals surface area contributed by atoms with E-state index in [1.807, 2.05) is 37.3 Å². The second kappa shape index (κ2) is 7.01. The number of aromatic nitrogens is 1. The van der Waals surface area contributed by atoms with Gasteiger partial charge >= 0.3 is 0 Å². The van der Waals surface area contributed by atoms with Crippen molar-refractivity contribution in [2.24, 2.45) is 5.10 Å². The van der Waals surface area contributed by atoms with Gasteiger partial charge in [-0.15, -0.1) is 11.3 Å². The molecule has 0 saturated heterocycles. The zero-order chi connectivity index (χ0) is 16.9. The minimum atomic E-state index is -0.428. The summed E-state index contributed by atoms with van der Waals surface area (Å²) in [7, 11) is 0. The lowest BCUT2D eigenvalue weighted by molar-refractivity contribution is -0.385. The SMILES string of the molecule is Cc1sc(N/N=C\c2ccccc2[N+](=O)[O-])nc1-c1ccccc1. The molecule has 6 nitrogen and oxygen atoms in total. The summed E-state index contributed by atoms with van der Waals surface area (Å²) in [5.74, 6) is 0. The minimum absolute atomic E-state index is 0.0170. The van der Waals surface area contributed by atoms with Crippen molar-refractivity contribution in [3.8, 4) is 11.3 Å². The molecule has 3 rings (SSSR count). The quantitative estimate of drug-likeness (QED) is 0.423. The largest absolute Gasteiger partial charge is 0.278 e. The molecule has 0 fully saturated rings. The van der Waals surface area contributed by atoms with Crippen LogP contribution in [0.4, 0.5) is 10.8 Å². The Morgan fingerprint density at radius 2 is 1.88 bits per heavy atom. The first-order valence-corrected chi connectivity index (χ1v) is 8.02. The molecule has 3 aromatic rings. The van der Waals surface area contributed by atoms with Gasteiger partial charge in [-0.2, -0.15) is 5.10 Å². The Morgan fingerprint density at radius 3 is 2.62 bits per heavy atom. The Morgan fingerprint density at radius 1 is 1.17 bits per heavy atom. The fraction of sp³-hybridized carbons (Fsp3) is 0.0588.